The van der Waals surface area contributed by atoms with Gasteiger partial charge in [0.1, 0.15) is 0 Å². The molecule has 0 saturated carbocycles. The smallest absolute Gasteiger partial charge is 0.434 e. The first-order valence-corrected chi connectivity index (χ1v) is 7.34. The largest absolute Gasteiger partial charge is 0.443 e. The summed E-state index contributed by atoms with van der Waals surface area (Å²) in [4.78, 5) is 11.4. The standard InChI is InChI=1S/C14H22F6O2/c1-3-4-5-6-7-8-9-10(2)11(21)22-12(13(15,16)17)14(18,19)20/h10,12H,3-9H2,1-2H3. The van der Waals surface area contributed by atoms with Crippen molar-refractivity contribution >= 4 is 5.97 Å². The first-order chi connectivity index (χ1) is 10.00. The van der Waals surface area contributed by atoms with Crippen LogP contribution in [-0.4, -0.2) is 24.4 Å². The average Bonchev–Trinajstić information content (AvgIpc) is 2.36. The van der Waals surface area contributed by atoms with Crippen LogP contribution in [0.15, 0.2) is 0 Å². The highest BCUT2D eigenvalue weighted by molar-refractivity contribution is 5.72. The molecule has 22 heavy (non-hydrogen) atoms. The predicted molar refractivity (Wildman–Crippen MR) is 69.1 cm³/mol. The minimum atomic E-state index is -5.66. The molecule has 0 aromatic carbocycles. The Balaban J connectivity index is 4.27. The minimum Gasteiger partial charge on any atom is -0.443 e. The normalized spacial score (nSPS) is 14.2. The van der Waals surface area contributed by atoms with Gasteiger partial charge in [0.2, 0.25) is 0 Å². The van der Waals surface area contributed by atoms with E-state index in [1.165, 1.54) is 6.92 Å². The van der Waals surface area contributed by atoms with Gasteiger partial charge in [0, 0.05) is 0 Å². The fourth-order valence-corrected chi connectivity index (χ4v) is 1.90. The molecule has 0 fully saturated rings. The fourth-order valence-electron chi connectivity index (χ4n) is 1.90. The molecule has 0 N–H and O–H groups in total. The molecule has 0 aliphatic heterocycles. The molecule has 0 bridgehead atoms. The van der Waals surface area contributed by atoms with E-state index in [-0.39, 0.29) is 6.42 Å². The van der Waals surface area contributed by atoms with E-state index >= 15 is 0 Å². The molecule has 8 heteroatoms. The van der Waals surface area contributed by atoms with Crippen LogP contribution in [-0.2, 0) is 9.53 Å². The van der Waals surface area contributed by atoms with Crippen LogP contribution in [0.25, 0.3) is 0 Å². The van der Waals surface area contributed by atoms with Crippen molar-refractivity contribution in [3.8, 4) is 0 Å². The molecule has 132 valence electrons. The van der Waals surface area contributed by atoms with Crippen molar-refractivity contribution in [2.45, 2.75) is 77.2 Å². The zero-order valence-electron chi connectivity index (χ0n) is 12.7. The van der Waals surface area contributed by atoms with Gasteiger partial charge in [0.25, 0.3) is 6.10 Å². The third-order valence-corrected chi connectivity index (χ3v) is 3.22. The molecule has 0 saturated heterocycles. The number of hydrogen-bond acceptors (Lipinski definition) is 2. The molecular weight excluding hydrogens is 314 g/mol. The van der Waals surface area contributed by atoms with Gasteiger partial charge in [0.05, 0.1) is 5.92 Å². The van der Waals surface area contributed by atoms with Crippen LogP contribution < -0.4 is 0 Å². The molecule has 0 aromatic rings. The van der Waals surface area contributed by atoms with Crippen LogP contribution in [0.2, 0.25) is 0 Å². The Morgan fingerprint density at radius 2 is 1.36 bits per heavy atom. The van der Waals surface area contributed by atoms with Crippen LogP contribution >= 0.6 is 0 Å². The number of alkyl halides is 6. The molecule has 1 unspecified atom stereocenters. The first kappa shape index (κ1) is 21.0. The summed E-state index contributed by atoms with van der Waals surface area (Å²) < 4.78 is 77.3. The number of carbonyl (C=O) groups is 1. The third kappa shape index (κ3) is 8.48. The molecular formula is C14H22F6O2. The van der Waals surface area contributed by atoms with Crippen LogP contribution in [0.1, 0.15) is 58.8 Å². The van der Waals surface area contributed by atoms with E-state index in [1.807, 2.05) is 0 Å². The SMILES string of the molecule is CCCCCCCCC(C)C(=O)OC(C(F)(F)F)C(F)(F)F. The molecule has 0 aromatic heterocycles. The summed E-state index contributed by atoms with van der Waals surface area (Å²) in [6.45, 7) is 3.33. The number of esters is 1. The Morgan fingerprint density at radius 3 is 1.82 bits per heavy atom. The second-order valence-corrected chi connectivity index (χ2v) is 5.36. The lowest BCUT2D eigenvalue weighted by atomic mass is 10.0. The van der Waals surface area contributed by atoms with Crippen molar-refractivity contribution in [2.75, 3.05) is 0 Å². The third-order valence-electron chi connectivity index (χ3n) is 3.22. The monoisotopic (exact) mass is 336 g/mol. The van der Waals surface area contributed by atoms with Gasteiger partial charge in [-0.2, -0.15) is 26.3 Å². The van der Waals surface area contributed by atoms with Gasteiger partial charge < -0.3 is 4.74 Å². The Morgan fingerprint density at radius 1 is 0.909 bits per heavy atom. The maximum absolute atomic E-state index is 12.3. The lowest BCUT2D eigenvalue weighted by Crippen LogP contribution is -2.46. The second kappa shape index (κ2) is 9.25. The summed E-state index contributed by atoms with van der Waals surface area (Å²) >= 11 is 0. The molecule has 0 aliphatic rings. The van der Waals surface area contributed by atoms with E-state index in [4.69, 9.17) is 0 Å². The maximum Gasteiger partial charge on any atom is 0.434 e. The van der Waals surface area contributed by atoms with E-state index in [2.05, 4.69) is 11.7 Å². The highest BCUT2D eigenvalue weighted by Crippen LogP contribution is 2.36. The molecule has 0 rings (SSSR count). The molecule has 0 heterocycles. The highest BCUT2D eigenvalue weighted by atomic mass is 19.4. The van der Waals surface area contributed by atoms with Crippen LogP contribution in [0, 0.1) is 5.92 Å². The van der Waals surface area contributed by atoms with E-state index in [0.717, 1.165) is 32.1 Å². The van der Waals surface area contributed by atoms with Crippen molar-refractivity contribution in [2.24, 2.45) is 5.92 Å². The van der Waals surface area contributed by atoms with Gasteiger partial charge in [-0.15, -0.1) is 0 Å². The number of ether oxygens (including phenoxy) is 1. The Hall–Kier alpha value is -0.950. The Kier molecular flexibility index (Phi) is 8.85. The van der Waals surface area contributed by atoms with Gasteiger partial charge in [-0.1, -0.05) is 52.4 Å². The second-order valence-electron chi connectivity index (χ2n) is 5.36. The number of carbonyl (C=O) groups excluding carboxylic acids is 1. The summed E-state index contributed by atoms with van der Waals surface area (Å²) in [6.07, 6.45) is -9.69. The zero-order chi connectivity index (χ0) is 17.4. The zero-order valence-corrected chi connectivity index (χ0v) is 12.7. The predicted octanol–water partition coefficient (Wildman–Crippen LogP) is 5.41. The van der Waals surface area contributed by atoms with Crippen molar-refractivity contribution in [3.63, 3.8) is 0 Å². The quantitative estimate of drug-likeness (QED) is 0.320. The summed E-state index contributed by atoms with van der Waals surface area (Å²) in [5.41, 5.74) is 0. The molecule has 2 nitrogen and oxygen atoms in total. The van der Waals surface area contributed by atoms with Gasteiger partial charge >= 0.3 is 18.3 Å². The van der Waals surface area contributed by atoms with Gasteiger partial charge in [0.15, 0.2) is 0 Å². The maximum atomic E-state index is 12.3. The lowest BCUT2D eigenvalue weighted by Gasteiger charge is -2.24. The number of unbranched alkanes of at least 4 members (excludes halogenated alkanes) is 5. The molecule has 0 radical (unpaired) electrons. The average molecular weight is 336 g/mol. The molecule has 0 aliphatic carbocycles. The molecule has 1 atom stereocenters. The molecule has 0 amide bonds. The summed E-state index contributed by atoms with van der Waals surface area (Å²) in [5.74, 6) is -2.45. The van der Waals surface area contributed by atoms with Crippen molar-refractivity contribution in [1.82, 2.24) is 0 Å². The Bertz CT molecular complexity index is 310. The van der Waals surface area contributed by atoms with E-state index in [1.54, 1.807) is 0 Å². The summed E-state index contributed by atoms with van der Waals surface area (Å²) in [7, 11) is 0. The van der Waals surface area contributed by atoms with Gasteiger partial charge in [-0.3, -0.25) is 4.79 Å². The summed E-state index contributed by atoms with van der Waals surface area (Å²) in [6, 6.07) is 0. The van der Waals surface area contributed by atoms with Gasteiger partial charge in [-0.25, -0.2) is 0 Å². The van der Waals surface area contributed by atoms with Crippen molar-refractivity contribution in [1.29, 1.82) is 0 Å². The Labute approximate surface area is 126 Å². The number of halogens is 6. The number of hydrogen-bond donors (Lipinski definition) is 0. The van der Waals surface area contributed by atoms with Crippen LogP contribution in [0.4, 0.5) is 26.3 Å². The highest BCUT2D eigenvalue weighted by Gasteiger charge is 2.60. The lowest BCUT2D eigenvalue weighted by molar-refractivity contribution is -0.314. The summed E-state index contributed by atoms with van der Waals surface area (Å²) in [5, 5.41) is 0. The fraction of sp³-hybridized carbons (Fsp3) is 0.929. The van der Waals surface area contributed by atoms with E-state index in [9.17, 15) is 31.1 Å². The van der Waals surface area contributed by atoms with Crippen LogP contribution in [0.3, 0.4) is 0 Å². The topological polar surface area (TPSA) is 26.3 Å². The number of rotatable bonds is 9. The van der Waals surface area contributed by atoms with Gasteiger partial charge in [-0.05, 0) is 6.42 Å². The van der Waals surface area contributed by atoms with Crippen LogP contribution in [0.5, 0.6) is 0 Å². The minimum absolute atomic E-state index is 0.216. The van der Waals surface area contributed by atoms with E-state index in [0.29, 0.717) is 6.42 Å². The van der Waals surface area contributed by atoms with Crippen molar-refractivity contribution in [3.05, 3.63) is 0 Å². The van der Waals surface area contributed by atoms with Crippen molar-refractivity contribution < 1.29 is 35.9 Å². The van der Waals surface area contributed by atoms with E-state index < -0.39 is 30.3 Å². The first-order valence-electron chi connectivity index (χ1n) is 7.34. The molecule has 0 spiro atoms.